The number of nitrogens with zero attached hydrogens (tertiary/aromatic N) is 3. The van der Waals surface area contributed by atoms with E-state index in [1.54, 1.807) is 24.9 Å². The molecule has 0 unspecified atom stereocenters. The molecule has 0 N–H and O–H groups in total. The molecule has 27 heavy (non-hydrogen) atoms. The van der Waals surface area contributed by atoms with Crippen LogP contribution in [0.15, 0.2) is 52.4 Å². The van der Waals surface area contributed by atoms with Crippen molar-refractivity contribution < 1.29 is 4.74 Å². The molecule has 3 rings (SSSR count). The van der Waals surface area contributed by atoms with Crippen molar-refractivity contribution in [1.29, 1.82) is 0 Å². The van der Waals surface area contributed by atoms with Crippen LogP contribution in [0.5, 0.6) is 5.75 Å². The minimum atomic E-state index is 0.143. The molecule has 3 aromatic rings. The van der Waals surface area contributed by atoms with Gasteiger partial charge in [0.2, 0.25) is 0 Å². The van der Waals surface area contributed by atoms with Crippen LogP contribution in [-0.4, -0.2) is 22.1 Å². The monoisotopic (exact) mass is 401 g/mol. The van der Waals surface area contributed by atoms with E-state index in [0.29, 0.717) is 10.8 Å². The minimum Gasteiger partial charge on any atom is -0.494 e. The quantitative estimate of drug-likeness (QED) is 0.530. The molecule has 0 aliphatic heterocycles. The van der Waals surface area contributed by atoms with Crippen LogP contribution in [0.4, 0.5) is 0 Å². The second-order valence-corrected chi connectivity index (χ2v) is 8.80. The Labute approximate surface area is 169 Å². The average molecular weight is 402 g/mol. The second kappa shape index (κ2) is 7.95. The summed E-state index contributed by atoms with van der Waals surface area (Å²) in [4.78, 5) is 1.14. The van der Waals surface area contributed by atoms with E-state index < -0.39 is 0 Å². The maximum Gasteiger partial charge on any atom is 0.147 e. The van der Waals surface area contributed by atoms with Crippen LogP contribution in [0.25, 0.3) is 5.69 Å². The zero-order valence-electron chi connectivity index (χ0n) is 16.3. The number of hydrogen-bond acceptors (Lipinski definition) is 4. The normalized spacial score (nSPS) is 11.6. The molecule has 6 heteroatoms. The summed E-state index contributed by atoms with van der Waals surface area (Å²) in [6.07, 6.45) is 0.797. The van der Waals surface area contributed by atoms with E-state index in [4.69, 9.17) is 16.3 Å². The molecule has 0 spiro atoms. The van der Waals surface area contributed by atoms with Crippen molar-refractivity contribution in [3.63, 3.8) is 0 Å². The summed E-state index contributed by atoms with van der Waals surface area (Å²) >= 11 is 7.81. The summed E-state index contributed by atoms with van der Waals surface area (Å²) in [5.74, 6) is 0.713. The summed E-state index contributed by atoms with van der Waals surface area (Å²) in [5, 5.41) is 10.3. The predicted molar refractivity (Wildman–Crippen MR) is 112 cm³/mol. The van der Waals surface area contributed by atoms with E-state index >= 15 is 0 Å². The van der Waals surface area contributed by atoms with E-state index in [1.807, 2.05) is 16.8 Å². The van der Waals surface area contributed by atoms with Crippen molar-refractivity contribution >= 4 is 23.4 Å². The number of methoxy groups -OCH3 is 1. The van der Waals surface area contributed by atoms with Crippen LogP contribution in [0.2, 0.25) is 5.02 Å². The summed E-state index contributed by atoms with van der Waals surface area (Å²) in [5.41, 5.74) is 3.28. The van der Waals surface area contributed by atoms with Crippen LogP contribution in [0.1, 0.15) is 39.0 Å². The van der Waals surface area contributed by atoms with Gasteiger partial charge in [-0.25, -0.2) is 4.68 Å². The lowest BCUT2D eigenvalue weighted by Crippen LogP contribution is -2.10. The fourth-order valence-corrected chi connectivity index (χ4v) is 3.91. The van der Waals surface area contributed by atoms with Crippen molar-refractivity contribution in [3.05, 3.63) is 58.7 Å². The van der Waals surface area contributed by atoms with Crippen molar-refractivity contribution in [1.82, 2.24) is 15.0 Å². The number of ether oxygens (including phenoxy) is 1. The van der Waals surface area contributed by atoms with E-state index in [0.717, 1.165) is 27.7 Å². The number of hydrogen-bond donors (Lipinski definition) is 0. The van der Waals surface area contributed by atoms with Gasteiger partial charge >= 0.3 is 0 Å². The molecule has 0 fully saturated rings. The Balaban J connectivity index is 1.94. The number of rotatable bonds is 5. The first kappa shape index (κ1) is 19.8. The van der Waals surface area contributed by atoms with E-state index in [2.05, 4.69) is 62.3 Å². The molecule has 4 nitrogen and oxygen atoms in total. The Hall–Kier alpha value is -1.98. The molecule has 0 amide bonds. The highest BCUT2D eigenvalue weighted by molar-refractivity contribution is 7.99. The largest absolute Gasteiger partial charge is 0.494 e. The lowest BCUT2D eigenvalue weighted by Gasteiger charge is -2.18. The second-order valence-electron chi connectivity index (χ2n) is 7.30. The first-order valence-electron chi connectivity index (χ1n) is 8.90. The Morgan fingerprint density at radius 2 is 1.81 bits per heavy atom. The summed E-state index contributed by atoms with van der Waals surface area (Å²) < 4.78 is 7.29. The lowest BCUT2D eigenvalue weighted by atomic mass is 9.87. The van der Waals surface area contributed by atoms with Crippen LogP contribution in [0, 0.1) is 0 Å². The maximum atomic E-state index is 6.19. The molecule has 0 saturated carbocycles. The van der Waals surface area contributed by atoms with Gasteiger partial charge in [-0.1, -0.05) is 68.4 Å². The van der Waals surface area contributed by atoms with Gasteiger partial charge in [0.1, 0.15) is 16.5 Å². The summed E-state index contributed by atoms with van der Waals surface area (Å²) in [7, 11) is 1.64. The number of benzene rings is 2. The minimum absolute atomic E-state index is 0.143. The molecule has 2 aromatic carbocycles. The zero-order valence-corrected chi connectivity index (χ0v) is 17.9. The standard InChI is InChI=1S/C21H24ClN3OS/c1-6-17-20(27-16-10-7-14(8-11-16)21(2,3)4)23-24-25(17)18-13-15(22)9-12-19(18)26-5/h7-13H,6H2,1-5H3. The molecule has 0 saturated heterocycles. The van der Waals surface area contributed by atoms with Gasteiger partial charge in [-0.15, -0.1) is 5.10 Å². The Morgan fingerprint density at radius 1 is 1.11 bits per heavy atom. The fraction of sp³-hybridized carbons (Fsp3) is 0.333. The molecule has 0 atom stereocenters. The Morgan fingerprint density at radius 3 is 2.41 bits per heavy atom. The first-order chi connectivity index (χ1) is 12.8. The Bertz CT molecular complexity index is 930. The summed E-state index contributed by atoms with van der Waals surface area (Å²) in [6.45, 7) is 8.75. The van der Waals surface area contributed by atoms with Crippen LogP contribution < -0.4 is 4.74 Å². The molecule has 0 bridgehead atoms. The van der Waals surface area contributed by atoms with Crippen LogP contribution in [-0.2, 0) is 11.8 Å². The van der Waals surface area contributed by atoms with Crippen LogP contribution in [0.3, 0.4) is 0 Å². The molecule has 0 aliphatic rings. The maximum absolute atomic E-state index is 6.19. The van der Waals surface area contributed by atoms with Gasteiger partial charge < -0.3 is 4.74 Å². The topological polar surface area (TPSA) is 39.9 Å². The number of halogens is 1. The molecule has 0 radical (unpaired) electrons. The average Bonchev–Trinajstić information content (AvgIpc) is 3.03. The number of aromatic nitrogens is 3. The first-order valence-corrected chi connectivity index (χ1v) is 10.1. The van der Waals surface area contributed by atoms with Gasteiger partial charge in [0, 0.05) is 9.92 Å². The van der Waals surface area contributed by atoms with E-state index in [9.17, 15) is 0 Å². The molecule has 1 heterocycles. The third kappa shape index (κ3) is 4.30. The van der Waals surface area contributed by atoms with E-state index in [1.165, 1.54) is 5.56 Å². The highest BCUT2D eigenvalue weighted by Gasteiger charge is 2.18. The smallest absolute Gasteiger partial charge is 0.147 e. The van der Waals surface area contributed by atoms with Gasteiger partial charge in [0.25, 0.3) is 0 Å². The highest BCUT2D eigenvalue weighted by Crippen LogP contribution is 2.34. The van der Waals surface area contributed by atoms with Crippen molar-refractivity contribution in [2.24, 2.45) is 0 Å². The molecular formula is C21H24ClN3OS. The predicted octanol–water partition coefficient (Wildman–Crippen LogP) is 5.94. The van der Waals surface area contributed by atoms with Crippen molar-refractivity contribution in [2.45, 2.75) is 49.5 Å². The van der Waals surface area contributed by atoms with Crippen molar-refractivity contribution in [3.8, 4) is 11.4 Å². The van der Waals surface area contributed by atoms with Crippen LogP contribution >= 0.6 is 23.4 Å². The molecular weight excluding hydrogens is 378 g/mol. The van der Waals surface area contributed by atoms with E-state index in [-0.39, 0.29) is 5.41 Å². The van der Waals surface area contributed by atoms with Gasteiger partial charge in [0.15, 0.2) is 0 Å². The third-order valence-electron chi connectivity index (χ3n) is 4.37. The molecule has 142 valence electrons. The Kier molecular flexibility index (Phi) is 5.82. The van der Waals surface area contributed by atoms with Gasteiger partial charge in [-0.05, 0) is 47.7 Å². The lowest BCUT2D eigenvalue weighted by molar-refractivity contribution is 0.411. The SMILES string of the molecule is CCc1c(Sc2ccc(C(C)(C)C)cc2)nnn1-c1cc(Cl)ccc1OC. The third-order valence-corrected chi connectivity index (χ3v) is 5.62. The molecule has 0 aliphatic carbocycles. The summed E-state index contributed by atoms with van der Waals surface area (Å²) in [6, 6.07) is 14.1. The van der Waals surface area contributed by atoms with Gasteiger partial charge in [0.05, 0.1) is 12.8 Å². The van der Waals surface area contributed by atoms with Gasteiger partial charge in [-0.2, -0.15) is 0 Å². The van der Waals surface area contributed by atoms with Gasteiger partial charge in [-0.3, -0.25) is 0 Å². The zero-order chi connectivity index (χ0) is 19.6. The fourth-order valence-electron chi connectivity index (χ4n) is 2.82. The van der Waals surface area contributed by atoms with Crippen molar-refractivity contribution in [2.75, 3.05) is 7.11 Å². The highest BCUT2D eigenvalue weighted by atomic mass is 35.5. The molecule has 1 aromatic heterocycles.